The van der Waals surface area contributed by atoms with Crippen molar-refractivity contribution in [2.75, 3.05) is 0 Å². The molecule has 0 fully saturated rings. The first kappa shape index (κ1) is 18.7. The van der Waals surface area contributed by atoms with Crippen molar-refractivity contribution >= 4 is 34.2 Å². The standard InChI is InChI=1S/C25H16N2O4/c28-24-20-9-1-2-10-21(20)25(29)22(24)13-17-15-26(23-11-4-3-8-19(17)23)14-16-6-5-7-18(12-16)27(30)31/h1-13,15H,14H2. The van der Waals surface area contributed by atoms with Gasteiger partial charge in [-0.2, -0.15) is 0 Å². The Bertz CT molecular complexity index is 1390. The number of para-hydroxylation sites is 1. The summed E-state index contributed by atoms with van der Waals surface area (Å²) in [7, 11) is 0. The third-order valence-electron chi connectivity index (χ3n) is 5.50. The van der Waals surface area contributed by atoms with E-state index < -0.39 is 4.92 Å². The Morgan fingerprint density at radius 3 is 2.26 bits per heavy atom. The average molecular weight is 408 g/mol. The highest BCUT2D eigenvalue weighted by Gasteiger charge is 2.32. The molecular formula is C25H16N2O4. The van der Waals surface area contributed by atoms with Gasteiger partial charge in [-0.1, -0.05) is 54.6 Å². The fraction of sp³-hybridized carbons (Fsp3) is 0.0400. The molecule has 1 aliphatic rings. The summed E-state index contributed by atoms with van der Waals surface area (Å²) in [5.74, 6) is -0.535. The summed E-state index contributed by atoms with van der Waals surface area (Å²) in [4.78, 5) is 36.3. The van der Waals surface area contributed by atoms with Crippen LogP contribution in [0, 0.1) is 10.1 Å². The number of carbonyl (C=O) groups excluding carboxylic acids is 2. The van der Waals surface area contributed by atoms with Crippen LogP contribution in [0.4, 0.5) is 5.69 Å². The van der Waals surface area contributed by atoms with Gasteiger partial charge in [0, 0.05) is 52.5 Å². The van der Waals surface area contributed by atoms with Crippen LogP contribution in [0.5, 0.6) is 0 Å². The van der Waals surface area contributed by atoms with Gasteiger partial charge in [0.15, 0.2) is 11.6 Å². The third kappa shape index (κ3) is 3.14. The minimum Gasteiger partial charge on any atom is -0.342 e. The van der Waals surface area contributed by atoms with Crippen molar-refractivity contribution in [3.8, 4) is 0 Å². The third-order valence-corrected chi connectivity index (χ3v) is 5.50. The molecule has 0 bridgehead atoms. The minimum absolute atomic E-state index is 0.0382. The molecule has 0 amide bonds. The lowest BCUT2D eigenvalue weighted by Crippen LogP contribution is -2.00. The molecule has 0 aliphatic heterocycles. The van der Waals surface area contributed by atoms with Crippen molar-refractivity contribution in [3.05, 3.63) is 117 Å². The number of rotatable bonds is 4. The van der Waals surface area contributed by atoms with E-state index in [2.05, 4.69) is 0 Å². The first-order chi connectivity index (χ1) is 15.0. The zero-order chi connectivity index (χ0) is 21.5. The number of non-ortho nitro benzene ring substituents is 1. The monoisotopic (exact) mass is 408 g/mol. The molecule has 6 heteroatoms. The van der Waals surface area contributed by atoms with E-state index in [9.17, 15) is 19.7 Å². The van der Waals surface area contributed by atoms with Crippen molar-refractivity contribution in [1.29, 1.82) is 0 Å². The Kier molecular flexibility index (Phi) is 4.33. The number of aromatic nitrogens is 1. The minimum atomic E-state index is -0.415. The van der Waals surface area contributed by atoms with Gasteiger partial charge in [-0.25, -0.2) is 0 Å². The molecule has 4 aromatic rings. The number of hydrogen-bond acceptors (Lipinski definition) is 4. The van der Waals surface area contributed by atoms with Crippen LogP contribution in [0.1, 0.15) is 31.8 Å². The Hall–Kier alpha value is -4.32. The van der Waals surface area contributed by atoms with Gasteiger partial charge >= 0.3 is 0 Å². The van der Waals surface area contributed by atoms with Crippen LogP contribution in [-0.2, 0) is 6.54 Å². The normalized spacial score (nSPS) is 13.0. The van der Waals surface area contributed by atoms with Crippen molar-refractivity contribution in [2.24, 2.45) is 0 Å². The van der Waals surface area contributed by atoms with Gasteiger partial charge in [0.25, 0.3) is 5.69 Å². The number of ketones is 2. The highest BCUT2D eigenvalue weighted by atomic mass is 16.6. The predicted octanol–water partition coefficient (Wildman–Crippen LogP) is 5.06. The summed E-state index contributed by atoms with van der Waals surface area (Å²) in [5, 5.41) is 12.0. The van der Waals surface area contributed by atoms with E-state index >= 15 is 0 Å². The quantitative estimate of drug-likeness (QED) is 0.205. The molecule has 31 heavy (non-hydrogen) atoms. The molecule has 5 rings (SSSR count). The first-order valence-corrected chi connectivity index (χ1v) is 9.74. The zero-order valence-corrected chi connectivity index (χ0v) is 16.3. The molecule has 0 atom stereocenters. The maximum atomic E-state index is 12.8. The number of fused-ring (bicyclic) bond motifs is 2. The van der Waals surface area contributed by atoms with Gasteiger partial charge in [0.05, 0.1) is 10.5 Å². The van der Waals surface area contributed by atoms with Gasteiger partial charge in [-0.15, -0.1) is 0 Å². The highest BCUT2D eigenvalue weighted by Crippen LogP contribution is 2.31. The number of nitro groups is 1. The maximum Gasteiger partial charge on any atom is 0.269 e. The summed E-state index contributed by atoms with van der Waals surface area (Å²) in [6.07, 6.45) is 3.52. The Morgan fingerprint density at radius 2 is 1.55 bits per heavy atom. The smallest absolute Gasteiger partial charge is 0.269 e. The zero-order valence-electron chi connectivity index (χ0n) is 16.3. The van der Waals surface area contributed by atoms with Crippen LogP contribution in [0.2, 0.25) is 0 Å². The molecule has 3 aromatic carbocycles. The molecule has 1 aromatic heterocycles. The molecule has 1 heterocycles. The molecule has 1 aliphatic carbocycles. The molecule has 0 radical (unpaired) electrons. The molecule has 0 N–H and O–H groups in total. The average Bonchev–Trinajstić information content (AvgIpc) is 3.25. The molecule has 0 saturated heterocycles. The van der Waals surface area contributed by atoms with Crippen LogP contribution < -0.4 is 0 Å². The van der Waals surface area contributed by atoms with Crippen molar-refractivity contribution in [1.82, 2.24) is 4.57 Å². The van der Waals surface area contributed by atoms with E-state index in [4.69, 9.17) is 0 Å². The van der Waals surface area contributed by atoms with Crippen LogP contribution >= 0.6 is 0 Å². The van der Waals surface area contributed by atoms with E-state index in [1.807, 2.05) is 41.1 Å². The largest absolute Gasteiger partial charge is 0.342 e. The van der Waals surface area contributed by atoms with Crippen LogP contribution in [-0.4, -0.2) is 21.1 Å². The second-order valence-electron chi connectivity index (χ2n) is 7.42. The van der Waals surface area contributed by atoms with Gasteiger partial charge in [-0.3, -0.25) is 19.7 Å². The van der Waals surface area contributed by atoms with Crippen molar-refractivity contribution < 1.29 is 14.5 Å². The van der Waals surface area contributed by atoms with E-state index in [0.717, 1.165) is 22.0 Å². The summed E-state index contributed by atoms with van der Waals surface area (Å²) in [5.41, 5.74) is 3.50. The fourth-order valence-electron chi connectivity index (χ4n) is 4.05. The van der Waals surface area contributed by atoms with E-state index in [0.29, 0.717) is 17.7 Å². The molecule has 0 spiro atoms. The van der Waals surface area contributed by atoms with Gasteiger partial charge in [-0.05, 0) is 17.7 Å². The number of nitro benzene ring substituents is 1. The lowest BCUT2D eigenvalue weighted by Gasteiger charge is -2.05. The van der Waals surface area contributed by atoms with Gasteiger partial charge in [0.1, 0.15) is 0 Å². The predicted molar refractivity (Wildman–Crippen MR) is 117 cm³/mol. The van der Waals surface area contributed by atoms with Gasteiger partial charge < -0.3 is 4.57 Å². The number of nitrogens with zero attached hydrogens (tertiary/aromatic N) is 2. The highest BCUT2D eigenvalue weighted by molar-refractivity contribution is 6.41. The van der Waals surface area contributed by atoms with Crippen LogP contribution in [0.15, 0.2) is 84.6 Å². The molecule has 6 nitrogen and oxygen atoms in total. The molecular weight excluding hydrogens is 392 g/mol. The topological polar surface area (TPSA) is 82.2 Å². The summed E-state index contributed by atoms with van der Waals surface area (Å²) in [6, 6.07) is 21.0. The Labute approximate surface area is 177 Å². The Morgan fingerprint density at radius 1 is 0.871 bits per heavy atom. The first-order valence-electron chi connectivity index (χ1n) is 9.74. The number of allylic oxidation sites excluding steroid dienone is 1. The van der Waals surface area contributed by atoms with Crippen LogP contribution in [0.3, 0.4) is 0 Å². The van der Waals surface area contributed by atoms with Crippen molar-refractivity contribution in [3.63, 3.8) is 0 Å². The molecule has 0 saturated carbocycles. The summed E-state index contributed by atoms with van der Waals surface area (Å²) >= 11 is 0. The lowest BCUT2D eigenvalue weighted by molar-refractivity contribution is -0.384. The van der Waals surface area contributed by atoms with E-state index in [-0.39, 0.29) is 22.8 Å². The van der Waals surface area contributed by atoms with E-state index in [1.165, 1.54) is 6.07 Å². The number of benzene rings is 3. The Balaban J connectivity index is 1.58. The van der Waals surface area contributed by atoms with E-state index in [1.54, 1.807) is 42.5 Å². The number of Topliss-reactive ketones (excluding diaryl/α,β-unsaturated/α-hetero) is 2. The number of hydrogen-bond donors (Lipinski definition) is 0. The lowest BCUT2D eigenvalue weighted by atomic mass is 10.1. The second-order valence-corrected chi connectivity index (χ2v) is 7.42. The SMILES string of the molecule is O=C1C(=Cc2cn(Cc3cccc([N+](=O)[O-])c3)c3ccccc23)C(=O)c2ccccc21. The maximum absolute atomic E-state index is 12.8. The molecule has 0 unspecified atom stereocenters. The number of carbonyl (C=O) groups is 2. The summed E-state index contributed by atoms with van der Waals surface area (Å²) in [6.45, 7) is 0.424. The van der Waals surface area contributed by atoms with Crippen molar-refractivity contribution in [2.45, 2.75) is 6.54 Å². The fourth-order valence-corrected chi connectivity index (χ4v) is 4.05. The van der Waals surface area contributed by atoms with Crippen LogP contribution in [0.25, 0.3) is 17.0 Å². The summed E-state index contributed by atoms with van der Waals surface area (Å²) < 4.78 is 1.97. The molecule has 150 valence electrons. The van der Waals surface area contributed by atoms with Gasteiger partial charge in [0.2, 0.25) is 0 Å². The second kappa shape index (κ2) is 7.18.